The highest BCUT2D eigenvalue weighted by Crippen LogP contribution is 2.35. The van der Waals surface area contributed by atoms with Gasteiger partial charge in [0, 0.05) is 13.1 Å². The standard InChI is InChI=1S/C19H21F3N4O4/c20-19(21,22)13-3-4-16(26-5-8-29-9-6-26)15(10-13)25-18(28)24-12-17(27)23-11-14-2-1-7-30-14/h1-4,7,10H,5-6,8-9,11-12H2,(H,23,27)(H2,24,25,28). The van der Waals surface area contributed by atoms with Gasteiger partial charge < -0.3 is 30.0 Å². The molecule has 8 nitrogen and oxygen atoms in total. The van der Waals surface area contributed by atoms with Crippen LogP contribution in [0.25, 0.3) is 0 Å². The van der Waals surface area contributed by atoms with Gasteiger partial charge in [0.05, 0.1) is 49.5 Å². The third-order valence-electron chi connectivity index (χ3n) is 4.37. The van der Waals surface area contributed by atoms with Gasteiger partial charge in [0.2, 0.25) is 5.91 Å². The number of nitrogens with zero attached hydrogens (tertiary/aromatic N) is 1. The number of alkyl halides is 3. The van der Waals surface area contributed by atoms with Crippen molar-refractivity contribution >= 4 is 23.3 Å². The summed E-state index contributed by atoms with van der Waals surface area (Å²) in [5, 5.41) is 7.30. The molecule has 11 heteroatoms. The third-order valence-corrected chi connectivity index (χ3v) is 4.37. The Morgan fingerprint density at radius 3 is 2.53 bits per heavy atom. The molecule has 0 radical (unpaired) electrons. The van der Waals surface area contributed by atoms with Crippen molar-refractivity contribution in [2.45, 2.75) is 12.7 Å². The van der Waals surface area contributed by atoms with E-state index in [0.29, 0.717) is 37.8 Å². The molecule has 1 saturated heterocycles. The molecule has 1 fully saturated rings. The van der Waals surface area contributed by atoms with Gasteiger partial charge in [-0.1, -0.05) is 0 Å². The molecule has 162 valence electrons. The van der Waals surface area contributed by atoms with Crippen LogP contribution in [0.3, 0.4) is 0 Å². The van der Waals surface area contributed by atoms with Crippen molar-refractivity contribution in [2.24, 2.45) is 0 Å². The lowest BCUT2D eigenvalue weighted by atomic mass is 10.1. The average molecular weight is 426 g/mol. The molecule has 0 spiro atoms. The Morgan fingerprint density at radius 2 is 1.87 bits per heavy atom. The van der Waals surface area contributed by atoms with Crippen molar-refractivity contribution in [2.75, 3.05) is 43.1 Å². The number of amides is 3. The van der Waals surface area contributed by atoms with Crippen LogP contribution in [0.1, 0.15) is 11.3 Å². The van der Waals surface area contributed by atoms with Crippen LogP contribution in [-0.4, -0.2) is 44.8 Å². The van der Waals surface area contributed by atoms with Crippen molar-refractivity contribution in [3.05, 3.63) is 47.9 Å². The van der Waals surface area contributed by atoms with E-state index in [9.17, 15) is 22.8 Å². The van der Waals surface area contributed by atoms with E-state index in [1.807, 2.05) is 4.90 Å². The second kappa shape index (κ2) is 9.53. The Kier molecular flexibility index (Phi) is 6.83. The van der Waals surface area contributed by atoms with Crippen LogP contribution in [0.4, 0.5) is 29.3 Å². The van der Waals surface area contributed by atoms with E-state index < -0.39 is 23.7 Å². The summed E-state index contributed by atoms with van der Waals surface area (Å²) in [4.78, 5) is 25.9. The molecule has 3 amide bonds. The number of morpholine rings is 1. The summed E-state index contributed by atoms with van der Waals surface area (Å²) < 4.78 is 49.7. The fraction of sp³-hybridized carbons (Fsp3) is 0.368. The molecule has 0 bridgehead atoms. The maximum Gasteiger partial charge on any atom is 0.416 e. The lowest BCUT2D eigenvalue weighted by Gasteiger charge is -2.31. The normalized spacial score (nSPS) is 14.3. The summed E-state index contributed by atoms with van der Waals surface area (Å²) >= 11 is 0. The zero-order valence-corrected chi connectivity index (χ0v) is 15.9. The van der Waals surface area contributed by atoms with Crippen LogP contribution < -0.4 is 20.9 Å². The second-order valence-electron chi connectivity index (χ2n) is 6.49. The van der Waals surface area contributed by atoms with Crippen molar-refractivity contribution in [1.29, 1.82) is 0 Å². The SMILES string of the molecule is O=C(CNC(=O)Nc1cc(C(F)(F)F)ccc1N1CCOCC1)NCc1ccco1. The predicted molar refractivity (Wildman–Crippen MR) is 102 cm³/mol. The number of furan rings is 1. The number of halogens is 3. The highest BCUT2D eigenvalue weighted by atomic mass is 19.4. The van der Waals surface area contributed by atoms with E-state index >= 15 is 0 Å². The summed E-state index contributed by atoms with van der Waals surface area (Å²) in [6.07, 6.45) is -3.09. The zero-order chi connectivity index (χ0) is 21.6. The average Bonchev–Trinajstić information content (AvgIpc) is 3.24. The number of urea groups is 1. The fourth-order valence-electron chi connectivity index (χ4n) is 2.88. The summed E-state index contributed by atoms with van der Waals surface area (Å²) in [6.45, 7) is 1.64. The van der Waals surface area contributed by atoms with Gasteiger partial charge in [0.1, 0.15) is 5.76 Å². The molecule has 1 aromatic carbocycles. The third kappa shape index (κ3) is 5.89. The van der Waals surface area contributed by atoms with Gasteiger partial charge in [-0.3, -0.25) is 4.79 Å². The zero-order valence-electron chi connectivity index (χ0n) is 15.9. The number of ether oxygens (including phenoxy) is 1. The summed E-state index contributed by atoms with van der Waals surface area (Å²) in [5.74, 6) is 0.0749. The lowest BCUT2D eigenvalue weighted by Crippen LogP contribution is -2.40. The first-order valence-electron chi connectivity index (χ1n) is 9.21. The van der Waals surface area contributed by atoms with Crippen molar-refractivity contribution in [1.82, 2.24) is 10.6 Å². The van der Waals surface area contributed by atoms with E-state index in [-0.39, 0.29) is 18.8 Å². The molecular weight excluding hydrogens is 405 g/mol. The number of rotatable bonds is 6. The maximum atomic E-state index is 13.1. The van der Waals surface area contributed by atoms with E-state index in [2.05, 4.69) is 16.0 Å². The van der Waals surface area contributed by atoms with E-state index in [1.54, 1.807) is 12.1 Å². The number of nitrogens with one attached hydrogen (secondary N) is 3. The minimum absolute atomic E-state index is 0.000203. The molecule has 0 saturated carbocycles. The molecule has 3 rings (SSSR count). The Bertz CT molecular complexity index is 865. The van der Waals surface area contributed by atoms with Gasteiger partial charge in [0.15, 0.2) is 0 Å². The van der Waals surface area contributed by atoms with Gasteiger partial charge in [-0.2, -0.15) is 13.2 Å². The summed E-state index contributed by atoms with van der Waals surface area (Å²) in [5.41, 5.74) is -0.435. The Labute approximate surface area is 170 Å². The Morgan fingerprint density at radius 1 is 1.10 bits per heavy atom. The van der Waals surface area contributed by atoms with Crippen molar-refractivity contribution < 1.29 is 31.9 Å². The highest BCUT2D eigenvalue weighted by Gasteiger charge is 2.32. The molecule has 0 unspecified atom stereocenters. The summed E-state index contributed by atoms with van der Waals surface area (Å²) in [7, 11) is 0. The Balaban J connectivity index is 1.62. The molecule has 1 aromatic heterocycles. The number of anilines is 2. The van der Waals surface area contributed by atoms with Gasteiger partial charge in [-0.25, -0.2) is 4.79 Å². The molecule has 3 N–H and O–H groups in total. The first-order chi connectivity index (χ1) is 14.3. The Hall–Kier alpha value is -3.21. The van der Waals surface area contributed by atoms with E-state index in [1.165, 1.54) is 12.3 Å². The second-order valence-corrected chi connectivity index (χ2v) is 6.49. The van der Waals surface area contributed by atoms with E-state index in [4.69, 9.17) is 9.15 Å². The largest absolute Gasteiger partial charge is 0.467 e. The monoisotopic (exact) mass is 426 g/mol. The quantitative estimate of drug-likeness (QED) is 0.660. The first-order valence-corrected chi connectivity index (χ1v) is 9.21. The maximum absolute atomic E-state index is 13.1. The molecule has 1 aliphatic rings. The number of carbonyl (C=O) groups is 2. The van der Waals surface area contributed by atoms with Crippen LogP contribution in [0.5, 0.6) is 0 Å². The number of hydrogen-bond donors (Lipinski definition) is 3. The smallest absolute Gasteiger partial charge is 0.416 e. The number of benzene rings is 1. The fourth-order valence-corrected chi connectivity index (χ4v) is 2.88. The first kappa shape index (κ1) is 21.5. The number of hydrogen-bond acceptors (Lipinski definition) is 5. The molecule has 2 heterocycles. The van der Waals surface area contributed by atoms with Gasteiger partial charge >= 0.3 is 12.2 Å². The minimum Gasteiger partial charge on any atom is -0.467 e. The molecule has 30 heavy (non-hydrogen) atoms. The predicted octanol–water partition coefficient (Wildman–Crippen LogP) is 2.57. The van der Waals surface area contributed by atoms with Crippen LogP contribution in [0, 0.1) is 0 Å². The van der Waals surface area contributed by atoms with Crippen LogP contribution in [-0.2, 0) is 22.3 Å². The van der Waals surface area contributed by atoms with Crippen LogP contribution in [0.15, 0.2) is 41.0 Å². The molecule has 1 aliphatic heterocycles. The van der Waals surface area contributed by atoms with Crippen molar-refractivity contribution in [3.8, 4) is 0 Å². The van der Waals surface area contributed by atoms with Gasteiger partial charge in [0.25, 0.3) is 0 Å². The molecular formula is C19H21F3N4O4. The molecule has 2 aromatic rings. The summed E-state index contributed by atoms with van der Waals surface area (Å²) in [6, 6.07) is 5.73. The lowest BCUT2D eigenvalue weighted by molar-refractivity contribution is -0.137. The highest BCUT2D eigenvalue weighted by molar-refractivity contribution is 5.95. The van der Waals surface area contributed by atoms with Crippen LogP contribution in [0.2, 0.25) is 0 Å². The van der Waals surface area contributed by atoms with E-state index in [0.717, 1.165) is 12.1 Å². The number of carbonyl (C=O) groups excluding carboxylic acids is 2. The molecule has 0 atom stereocenters. The van der Waals surface area contributed by atoms with Gasteiger partial charge in [-0.05, 0) is 30.3 Å². The van der Waals surface area contributed by atoms with Gasteiger partial charge in [-0.15, -0.1) is 0 Å². The molecule has 0 aliphatic carbocycles. The topological polar surface area (TPSA) is 95.8 Å². The van der Waals surface area contributed by atoms with Crippen LogP contribution >= 0.6 is 0 Å². The van der Waals surface area contributed by atoms with Crippen molar-refractivity contribution in [3.63, 3.8) is 0 Å². The minimum atomic E-state index is -4.55.